The third-order valence-corrected chi connectivity index (χ3v) is 5.49. The summed E-state index contributed by atoms with van der Waals surface area (Å²) in [4.78, 5) is 24.1. The van der Waals surface area contributed by atoms with Crippen molar-refractivity contribution in [3.05, 3.63) is 29.8 Å². The lowest BCUT2D eigenvalue weighted by molar-refractivity contribution is -0.136. The Bertz CT molecular complexity index is 627. The van der Waals surface area contributed by atoms with E-state index in [4.69, 9.17) is 10.4 Å². The lowest BCUT2D eigenvalue weighted by Crippen LogP contribution is -2.37. The summed E-state index contributed by atoms with van der Waals surface area (Å²) in [5.74, 6) is 0.258. The second kappa shape index (κ2) is 9.33. The molecule has 1 aliphatic rings. The average molecular weight is 346 g/mol. The van der Waals surface area contributed by atoms with Crippen molar-refractivity contribution in [3.8, 4) is 6.07 Å². The van der Waals surface area contributed by atoms with Gasteiger partial charge in [0, 0.05) is 16.6 Å². The van der Waals surface area contributed by atoms with Gasteiger partial charge in [0.15, 0.2) is 0 Å². The summed E-state index contributed by atoms with van der Waals surface area (Å²) >= 11 is 1.68. The smallest absolute Gasteiger partial charge is 0.307 e. The molecule has 1 aromatic rings. The number of thioether (sulfide) groups is 1. The molecule has 0 radical (unpaired) electrons. The monoisotopic (exact) mass is 346 g/mol. The van der Waals surface area contributed by atoms with Crippen LogP contribution < -0.4 is 5.32 Å². The van der Waals surface area contributed by atoms with Crippen LogP contribution in [0.4, 0.5) is 0 Å². The van der Waals surface area contributed by atoms with Crippen LogP contribution in [0.5, 0.6) is 0 Å². The number of carboxylic acids is 1. The largest absolute Gasteiger partial charge is 0.481 e. The number of benzene rings is 1. The zero-order chi connectivity index (χ0) is 17.4. The molecule has 0 aromatic heterocycles. The molecule has 0 aliphatic heterocycles. The number of hydrogen-bond acceptors (Lipinski definition) is 4. The third kappa shape index (κ3) is 5.57. The van der Waals surface area contributed by atoms with Crippen LogP contribution in [0.2, 0.25) is 0 Å². The Kier molecular flexibility index (Phi) is 7.13. The molecule has 0 bridgehead atoms. The first kappa shape index (κ1) is 18.3. The van der Waals surface area contributed by atoms with E-state index in [0.29, 0.717) is 5.92 Å². The fourth-order valence-corrected chi connectivity index (χ4v) is 4.35. The van der Waals surface area contributed by atoms with Crippen LogP contribution in [-0.2, 0) is 16.0 Å². The van der Waals surface area contributed by atoms with Crippen LogP contribution >= 0.6 is 11.8 Å². The van der Waals surface area contributed by atoms with E-state index in [1.54, 1.807) is 11.8 Å². The molecule has 2 atom stereocenters. The van der Waals surface area contributed by atoms with E-state index in [1.807, 2.05) is 30.3 Å². The van der Waals surface area contributed by atoms with Gasteiger partial charge in [0.25, 0.3) is 0 Å². The molecule has 0 heterocycles. The van der Waals surface area contributed by atoms with Crippen molar-refractivity contribution >= 4 is 23.6 Å². The van der Waals surface area contributed by atoms with Gasteiger partial charge in [0.1, 0.15) is 6.54 Å². The number of carboxylic acid groups (broad SMARTS) is 1. The Morgan fingerprint density at radius 1 is 1.33 bits per heavy atom. The Labute approximate surface area is 146 Å². The van der Waals surface area contributed by atoms with E-state index < -0.39 is 5.97 Å². The van der Waals surface area contributed by atoms with Crippen LogP contribution in [0, 0.1) is 23.2 Å². The van der Waals surface area contributed by atoms with Gasteiger partial charge in [-0.15, -0.1) is 11.8 Å². The predicted octanol–water partition coefficient (Wildman–Crippen LogP) is 2.85. The molecule has 1 aromatic carbocycles. The van der Waals surface area contributed by atoms with Crippen molar-refractivity contribution in [1.29, 1.82) is 5.26 Å². The molecule has 5 nitrogen and oxygen atoms in total. The molecule has 0 spiro atoms. The van der Waals surface area contributed by atoms with E-state index in [1.165, 1.54) is 0 Å². The maximum Gasteiger partial charge on any atom is 0.307 e. The summed E-state index contributed by atoms with van der Waals surface area (Å²) in [6, 6.07) is 9.52. The van der Waals surface area contributed by atoms with Gasteiger partial charge >= 0.3 is 5.97 Å². The van der Waals surface area contributed by atoms with Crippen LogP contribution in [0.15, 0.2) is 29.2 Å². The summed E-state index contributed by atoms with van der Waals surface area (Å²) < 4.78 is 0. The quantitative estimate of drug-likeness (QED) is 0.585. The van der Waals surface area contributed by atoms with Crippen LogP contribution in [0.25, 0.3) is 0 Å². The lowest BCUT2D eigenvalue weighted by atomic mass is 9.80. The molecule has 1 aliphatic carbocycles. The highest BCUT2D eigenvalue weighted by molar-refractivity contribution is 7.99. The number of carbonyl (C=O) groups is 2. The molecule has 0 saturated heterocycles. The number of amides is 1. The van der Waals surface area contributed by atoms with Gasteiger partial charge in [-0.25, -0.2) is 0 Å². The summed E-state index contributed by atoms with van der Waals surface area (Å²) in [6.07, 6.45) is 4.11. The molecule has 1 saturated carbocycles. The van der Waals surface area contributed by atoms with E-state index in [-0.39, 0.29) is 24.8 Å². The molecule has 128 valence electrons. The van der Waals surface area contributed by atoms with E-state index >= 15 is 0 Å². The highest BCUT2D eigenvalue weighted by Gasteiger charge is 2.30. The third-order valence-electron chi connectivity index (χ3n) is 4.31. The molecule has 0 unspecified atom stereocenters. The molecule has 6 heteroatoms. The van der Waals surface area contributed by atoms with Gasteiger partial charge in [-0.1, -0.05) is 25.0 Å². The average Bonchev–Trinajstić information content (AvgIpc) is 2.58. The normalized spacial score (nSPS) is 20.1. The van der Waals surface area contributed by atoms with Crippen molar-refractivity contribution in [2.75, 3.05) is 12.3 Å². The van der Waals surface area contributed by atoms with Gasteiger partial charge in [0.05, 0.1) is 12.5 Å². The Balaban J connectivity index is 1.94. The van der Waals surface area contributed by atoms with Crippen molar-refractivity contribution in [3.63, 3.8) is 0 Å². The predicted molar refractivity (Wildman–Crippen MR) is 92.6 cm³/mol. The van der Waals surface area contributed by atoms with Gasteiger partial charge in [-0.05, 0) is 36.5 Å². The number of carbonyl (C=O) groups excluding carboxylic acids is 1. The van der Waals surface area contributed by atoms with E-state index in [2.05, 4.69) is 5.32 Å². The van der Waals surface area contributed by atoms with E-state index in [0.717, 1.165) is 41.9 Å². The Hall–Kier alpha value is -2.00. The first-order chi connectivity index (χ1) is 11.6. The molecule has 1 amide bonds. The standard InChI is InChI=1S/C18H22N2O3S/c19-8-9-20-18(23)16-7-2-1-5-14(16)12-24-15-6-3-4-13(10-15)11-17(21)22/h3-4,6,10,14,16H,1-2,5,7,9,11-12H2,(H,20,23)(H,21,22)/t14-,16+/m0/s1. The van der Waals surface area contributed by atoms with E-state index in [9.17, 15) is 9.59 Å². The Morgan fingerprint density at radius 3 is 2.88 bits per heavy atom. The molecular weight excluding hydrogens is 324 g/mol. The fraction of sp³-hybridized carbons (Fsp3) is 0.500. The minimum atomic E-state index is -0.835. The highest BCUT2D eigenvalue weighted by Crippen LogP contribution is 2.34. The minimum Gasteiger partial charge on any atom is -0.481 e. The topological polar surface area (TPSA) is 90.2 Å². The first-order valence-corrected chi connectivity index (χ1v) is 9.17. The number of aliphatic carboxylic acids is 1. The first-order valence-electron chi connectivity index (χ1n) is 8.18. The molecule has 1 fully saturated rings. The SMILES string of the molecule is N#CCNC(=O)[C@@H]1CCCC[C@H]1CSc1cccc(CC(=O)O)c1. The Morgan fingerprint density at radius 2 is 2.12 bits per heavy atom. The number of nitrogens with one attached hydrogen (secondary N) is 1. The lowest BCUT2D eigenvalue weighted by Gasteiger charge is -2.30. The maximum absolute atomic E-state index is 12.2. The summed E-state index contributed by atoms with van der Waals surface area (Å²) in [7, 11) is 0. The van der Waals surface area contributed by atoms with Gasteiger partial charge in [0.2, 0.25) is 5.91 Å². The number of rotatable bonds is 7. The highest BCUT2D eigenvalue weighted by atomic mass is 32.2. The van der Waals surface area contributed by atoms with Crippen molar-refractivity contribution in [2.24, 2.45) is 11.8 Å². The van der Waals surface area contributed by atoms with Gasteiger partial charge in [-0.3, -0.25) is 9.59 Å². The molecule has 24 heavy (non-hydrogen) atoms. The van der Waals surface area contributed by atoms with Crippen LogP contribution in [0.3, 0.4) is 0 Å². The number of hydrogen-bond donors (Lipinski definition) is 2. The van der Waals surface area contributed by atoms with Gasteiger partial charge < -0.3 is 10.4 Å². The van der Waals surface area contributed by atoms with Gasteiger partial charge in [-0.2, -0.15) is 5.26 Å². The molecular formula is C18H22N2O3S. The van der Waals surface area contributed by atoms with Crippen LogP contribution in [0.1, 0.15) is 31.2 Å². The zero-order valence-electron chi connectivity index (χ0n) is 13.5. The molecule has 2 N–H and O–H groups in total. The zero-order valence-corrected chi connectivity index (χ0v) is 14.3. The summed E-state index contributed by atoms with van der Waals surface area (Å²) in [5, 5.41) is 20.2. The second-order valence-corrected chi connectivity index (χ2v) is 7.15. The maximum atomic E-state index is 12.2. The second-order valence-electron chi connectivity index (χ2n) is 6.06. The summed E-state index contributed by atoms with van der Waals surface area (Å²) in [5.41, 5.74) is 0.791. The summed E-state index contributed by atoms with van der Waals surface area (Å²) in [6.45, 7) is 0.0619. The van der Waals surface area contributed by atoms with Crippen molar-refractivity contribution in [1.82, 2.24) is 5.32 Å². The fourth-order valence-electron chi connectivity index (χ4n) is 3.13. The van der Waals surface area contributed by atoms with Crippen molar-refractivity contribution in [2.45, 2.75) is 37.0 Å². The van der Waals surface area contributed by atoms with Crippen LogP contribution in [-0.4, -0.2) is 29.3 Å². The number of nitriles is 1. The minimum absolute atomic E-state index is 0.0125. The number of nitrogens with zero attached hydrogens (tertiary/aromatic N) is 1. The molecule has 2 rings (SSSR count). The van der Waals surface area contributed by atoms with Crippen molar-refractivity contribution < 1.29 is 14.7 Å².